The van der Waals surface area contributed by atoms with Crippen molar-refractivity contribution in [1.82, 2.24) is 19.8 Å². The van der Waals surface area contributed by atoms with Gasteiger partial charge in [-0.15, -0.1) is 15.3 Å². The maximum absolute atomic E-state index is 12.4. The summed E-state index contributed by atoms with van der Waals surface area (Å²) in [7, 11) is 0. The Kier molecular flexibility index (Phi) is 3.66. The number of hydrogen-bond donors (Lipinski definition) is 1. The zero-order valence-electron chi connectivity index (χ0n) is 12.9. The van der Waals surface area contributed by atoms with Crippen molar-refractivity contribution in [1.29, 1.82) is 0 Å². The van der Waals surface area contributed by atoms with Crippen LogP contribution in [0.2, 0.25) is 0 Å². The van der Waals surface area contributed by atoms with Crippen LogP contribution in [-0.4, -0.2) is 25.7 Å². The van der Waals surface area contributed by atoms with Crippen LogP contribution in [0, 0.1) is 13.8 Å². The molecule has 1 aromatic carbocycles. The van der Waals surface area contributed by atoms with E-state index < -0.39 is 0 Å². The second-order valence-corrected chi connectivity index (χ2v) is 6.54. The monoisotopic (exact) mass is 315 g/mol. The largest absolute Gasteiger partial charge is 0.320 e. The Bertz CT molecular complexity index is 849. The number of anilines is 1. The van der Waals surface area contributed by atoms with E-state index in [4.69, 9.17) is 0 Å². The van der Waals surface area contributed by atoms with Crippen LogP contribution >= 0.6 is 11.3 Å². The van der Waals surface area contributed by atoms with Gasteiger partial charge in [0.05, 0.1) is 0 Å². The number of nitrogens with zero attached hydrogens (tertiary/aromatic N) is 4. The highest BCUT2D eigenvalue weighted by Gasteiger charge is 2.18. The smallest absolute Gasteiger partial charge is 0.286 e. The van der Waals surface area contributed by atoms with Crippen molar-refractivity contribution in [2.45, 2.75) is 33.6 Å². The molecule has 22 heavy (non-hydrogen) atoms. The first kappa shape index (κ1) is 14.6. The van der Waals surface area contributed by atoms with E-state index in [9.17, 15) is 4.79 Å². The van der Waals surface area contributed by atoms with Crippen LogP contribution in [0.15, 0.2) is 18.2 Å². The van der Waals surface area contributed by atoms with Crippen molar-refractivity contribution in [3.05, 3.63) is 40.2 Å². The van der Waals surface area contributed by atoms with Crippen LogP contribution < -0.4 is 5.32 Å². The molecule has 6 nitrogen and oxygen atoms in total. The van der Waals surface area contributed by atoms with Gasteiger partial charge in [-0.2, -0.15) is 4.52 Å². The molecule has 0 saturated carbocycles. The van der Waals surface area contributed by atoms with Gasteiger partial charge < -0.3 is 5.32 Å². The van der Waals surface area contributed by atoms with Gasteiger partial charge >= 0.3 is 0 Å². The van der Waals surface area contributed by atoms with E-state index in [-0.39, 0.29) is 11.8 Å². The first-order valence-electron chi connectivity index (χ1n) is 7.06. The lowest BCUT2D eigenvalue weighted by atomic mass is 10.1. The number of carbonyl (C=O) groups is 1. The number of amides is 1. The fourth-order valence-electron chi connectivity index (χ4n) is 2.21. The van der Waals surface area contributed by atoms with Gasteiger partial charge in [0.15, 0.2) is 5.82 Å². The Hall–Kier alpha value is -2.28. The third-order valence-corrected chi connectivity index (χ3v) is 4.25. The van der Waals surface area contributed by atoms with Gasteiger partial charge in [-0.3, -0.25) is 4.79 Å². The zero-order valence-corrected chi connectivity index (χ0v) is 13.7. The maximum Gasteiger partial charge on any atom is 0.286 e. The Labute approximate surface area is 132 Å². The summed E-state index contributed by atoms with van der Waals surface area (Å²) in [5.74, 6) is 0.737. The molecule has 2 heterocycles. The molecule has 2 aromatic heterocycles. The van der Waals surface area contributed by atoms with Crippen molar-refractivity contribution >= 4 is 27.9 Å². The van der Waals surface area contributed by atoms with E-state index in [2.05, 4.69) is 20.6 Å². The SMILES string of the molecule is Cc1ccc(NC(=O)c2nn3c(C(C)C)nnc3s2)c(C)c1. The number of aromatic nitrogens is 4. The molecule has 0 fully saturated rings. The minimum absolute atomic E-state index is 0.201. The molecule has 0 aliphatic rings. The van der Waals surface area contributed by atoms with Gasteiger partial charge in [0, 0.05) is 11.6 Å². The van der Waals surface area contributed by atoms with E-state index in [1.54, 1.807) is 4.52 Å². The average Bonchev–Trinajstić information content (AvgIpc) is 3.01. The van der Waals surface area contributed by atoms with Gasteiger partial charge in [-0.05, 0) is 25.5 Å². The van der Waals surface area contributed by atoms with Gasteiger partial charge in [-0.25, -0.2) is 0 Å². The first-order chi connectivity index (χ1) is 10.5. The molecule has 114 valence electrons. The van der Waals surface area contributed by atoms with Crippen LogP contribution in [0.3, 0.4) is 0 Å². The predicted molar refractivity (Wildman–Crippen MR) is 86.6 cm³/mol. The molecule has 0 saturated heterocycles. The molecule has 0 unspecified atom stereocenters. The molecule has 0 aliphatic carbocycles. The van der Waals surface area contributed by atoms with E-state index in [0.717, 1.165) is 22.6 Å². The van der Waals surface area contributed by atoms with E-state index in [1.165, 1.54) is 11.3 Å². The number of aryl methyl sites for hydroxylation is 2. The van der Waals surface area contributed by atoms with Crippen LogP contribution in [0.5, 0.6) is 0 Å². The first-order valence-corrected chi connectivity index (χ1v) is 7.88. The summed E-state index contributed by atoms with van der Waals surface area (Å²) < 4.78 is 1.65. The second-order valence-electron chi connectivity index (χ2n) is 5.59. The number of nitrogens with one attached hydrogen (secondary N) is 1. The van der Waals surface area contributed by atoms with Crippen molar-refractivity contribution in [2.75, 3.05) is 5.32 Å². The fraction of sp³-hybridized carbons (Fsp3) is 0.333. The third kappa shape index (κ3) is 2.59. The lowest BCUT2D eigenvalue weighted by molar-refractivity contribution is 0.102. The molecule has 0 atom stereocenters. The standard InChI is InChI=1S/C15H17N5OS/c1-8(2)12-17-18-15-20(12)19-14(22-15)13(21)16-11-6-5-9(3)7-10(11)4/h5-8H,1-4H3,(H,16,21). The lowest BCUT2D eigenvalue weighted by Gasteiger charge is -2.07. The fourth-order valence-corrected chi connectivity index (χ4v) is 2.96. The summed E-state index contributed by atoms with van der Waals surface area (Å²) in [4.78, 5) is 13.0. The molecule has 7 heteroatoms. The van der Waals surface area contributed by atoms with E-state index >= 15 is 0 Å². The van der Waals surface area contributed by atoms with Crippen molar-refractivity contribution < 1.29 is 4.79 Å². The molecular weight excluding hydrogens is 298 g/mol. The topological polar surface area (TPSA) is 72.2 Å². The predicted octanol–water partition coefficient (Wildman–Crippen LogP) is 3.18. The molecule has 0 spiro atoms. The number of hydrogen-bond acceptors (Lipinski definition) is 5. The molecule has 0 aliphatic heterocycles. The number of carbonyl (C=O) groups excluding carboxylic acids is 1. The molecular formula is C15H17N5OS. The highest BCUT2D eigenvalue weighted by Crippen LogP contribution is 2.21. The highest BCUT2D eigenvalue weighted by molar-refractivity contribution is 7.18. The Morgan fingerprint density at radius 3 is 2.73 bits per heavy atom. The minimum atomic E-state index is -0.225. The Morgan fingerprint density at radius 2 is 2.05 bits per heavy atom. The van der Waals surface area contributed by atoms with Gasteiger partial charge in [0.1, 0.15) is 0 Å². The summed E-state index contributed by atoms with van der Waals surface area (Å²) in [6, 6.07) is 5.91. The third-order valence-electron chi connectivity index (χ3n) is 3.36. The normalized spacial score (nSPS) is 11.3. The zero-order chi connectivity index (χ0) is 15.9. The Morgan fingerprint density at radius 1 is 1.27 bits per heavy atom. The van der Waals surface area contributed by atoms with Crippen LogP contribution in [-0.2, 0) is 0 Å². The van der Waals surface area contributed by atoms with Crippen LogP contribution in [0.1, 0.15) is 46.5 Å². The summed E-state index contributed by atoms with van der Waals surface area (Å²) >= 11 is 1.24. The van der Waals surface area contributed by atoms with Crippen LogP contribution in [0.4, 0.5) is 5.69 Å². The van der Waals surface area contributed by atoms with Gasteiger partial charge in [0.25, 0.3) is 5.91 Å². The molecule has 3 aromatic rings. The second kappa shape index (κ2) is 5.49. The maximum atomic E-state index is 12.4. The molecule has 0 bridgehead atoms. The van der Waals surface area contributed by atoms with Gasteiger partial charge in [-0.1, -0.05) is 42.9 Å². The summed E-state index contributed by atoms with van der Waals surface area (Å²) in [5, 5.41) is 15.8. The molecule has 0 radical (unpaired) electrons. The number of rotatable bonds is 3. The van der Waals surface area contributed by atoms with Crippen molar-refractivity contribution in [2.24, 2.45) is 0 Å². The van der Waals surface area contributed by atoms with Crippen molar-refractivity contribution in [3.8, 4) is 0 Å². The summed E-state index contributed by atoms with van der Waals surface area (Å²) in [6.07, 6.45) is 0. The summed E-state index contributed by atoms with van der Waals surface area (Å²) in [5.41, 5.74) is 2.99. The molecule has 1 N–H and O–H groups in total. The summed E-state index contributed by atoms with van der Waals surface area (Å²) in [6.45, 7) is 8.03. The van der Waals surface area contributed by atoms with Crippen molar-refractivity contribution in [3.63, 3.8) is 0 Å². The van der Waals surface area contributed by atoms with Gasteiger partial charge in [0.2, 0.25) is 9.97 Å². The van der Waals surface area contributed by atoms with E-state index in [1.807, 2.05) is 45.9 Å². The molecule has 1 amide bonds. The Balaban J connectivity index is 1.89. The number of benzene rings is 1. The van der Waals surface area contributed by atoms with Crippen LogP contribution in [0.25, 0.3) is 4.96 Å². The average molecular weight is 315 g/mol. The quantitative estimate of drug-likeness (QED) is 0.805. The lowest BCUT2D eigenvalue weighted by Crippen LogP contribution is -2.13. The van der Waals surface area contributed by atoms with E-state index in [0.29, 0.717) is 9.97 Å². The molecule has 3 rings (SSSR count). The number of fused-ring (bicyclic) bond motifs is 1. The highest BCUT2D eigenvalue weighted by atomic mass is 32.1. The minimum Gasteiger partial charge on any atom is -0.320 e.